The molecule has 0 heterocycles. The van der Waals surface area contributed by atoms with Gasteiger partial charge in [0.15, 0.2) is 0 Å². The van der Waals surface area contributed by atoms with Crippen LogP contribution in [0.25, 0.3) is 6.08 Å². The van der Waals surface area contributed by atoms with Gasteiger partial charge in [-0.2, -0.15) is 5.26 Å². The molecule has 0 aliphatic rings. The van der Waals surface area contributed by atoms with Gasteiger partial charge in [0.2, 0.25) is 0 Å². The number of aryl methyl sites for hydroxylation is 1. The Bertz CT molecular complexity index is 1070. The first-order valence-corrected chi connectivity index (χ1v) is 10.8. The lowest BCUT2D eigenvalue weighted by Crippen LogP contribution is -2.25. The average molecular weight is 475 g/mol. The molecule has 3 aromatic rings. The first-order valence-electron chi connectivity index (χ1n) is 10.1. The smallest absolute Gasteiger partial charge is 0.261 e. The van der Waals surface area contributed by atoms with Gasteiger partial charge in [-0.1, -0.05) is 76.6 Å². The Labute approximate surface area is 191 Å². The van der Waals surface area contributed by atoms with Crippen molar-refractivity contribution in [3.63, 3.8) is 0 Å². The van der Waals surface area contributed by atoms with Crippen LogP contribution < -0.4 is 10.1 Å². The molecule has 156 valence electrons. The highest BCUT2D eigenvalue weighted by molar-refractivity contribution is 9.10. The van der Waals surface area contributed by atoms with Crippen LogP contribution in [0.5, 0.6) is 5.75 Å². The highest BCUT2D eigenvalue weighted by Crippen LogP contribution is 2.22. The van der Waals surface area contributed by atoms with Gasteiger partial charge >= 0.3 is 0 Å². The summed E-state index contributed by atoms with van der Waals surface area (Å²) in [5.74, 6) is 0.244. The Hall–Kier alpha value is -3.36. The standard InChI is InChI=1S/C26H23BrN2O2/c27-24-14-12-21(13-15-24)19-31-25-11-5-4-10-22(25)17-23(18-28)26(30)29-16-6-9-20-7-2-1-3-8-20/h1-5,7-8,10-15,17H,6,9,16,19H2,(H,29,30)/b23-17-. The van der Waals surface area contributed by atoms with Crippen molar-refractivity contribution in [2.75, 3.05) is 6.54 Å². The molecule has 0 radical (unpaired) electrons. The Kier molecular flexibility index (Phi) is 8.45. The maximum atomic E-state index is 12.5. The second kappa shape index (κ2) is 11.7. The molecule has 0 saturated carbocycles. The highest BCUT2D eigenvalue weighted by Gasteiger charge is 2.10. The molecular weight excluding hydrogens is 452 g/mol. The number of ether oxygens (including phenoxy) is 1. The summed E-state index contributed by atoms with van der Waals surface area (Å²) in [6.45, 7) is 0.903. The summed E-state index contributed by atoms with van der Waals surface area (Å²) >= 11 is 3.42. The van der Waals surface area contributed by atoms with E-state index in [0.717, 1.165) is 22.9 Å². The summed E-state index contributed by atoms with van der Waals surface area (Å²) in [5, 5.41) is 12.3. The van der Waals surface area contributed by atoms with Gasteiger partial charge in [-0.15, -0.1) is 0 Å². The summed E-state index contributed by atoms with van der Waals surface area (Å²) < 4.78 is 6.94. The van der Waals surface area contributed by atoms with E-state index in [4.69, 9.17) is 4.74 Å². The van der Waals surface area contributed by atoms with Crippen molar-refractivity contribution < 1.29 is 9.53 Å². The summed E-state index contributed by atoms with van der Waals surface area (Å²) in [6, 6.07) is 27.4. The molecule has 0 aliphatic carbocycles. The lowest BCUT2D eigenvalue weighted by Gasteiger charge is -2.10. The van der Waals surface area contributed by atoms with Crippen LogP contribution in [0, 0.1) is 11.3 Å². The van der Waals surface area contributed by atoms with Crippen molar-refractivity contribution in [2.24, 2.45) is 0 Å². The third-order valence-corrected chi connectivity index (χ3v) is 5.19. The average Bonchev–Trinajstić information content (AvgIpc) is 2.81. The minimum absolute atomic E-state index is 0.0550. The Morgan fingerprint density at radius 3 is 2.42 bits per heavy atom. The molecule has 3 aromatic carbocycles. The van der Waals surface area contributed by atoms with E-state index in [1.807, 2.05) is 72.8 Å². The van der Waals surface area contributed by atoms with E-state index in [0.29, 0.717) is 24.5 Å². The number of halogens is 1. The number of nitrogens with one attached hydrogen (secondary N) is 1. The molecule has 31 heavy (non-hydrogen) atoms. The Morgan fingerprint density at radius 2 is 1.68 bits per heavy atom. The molecule has 0 spiro atoms. The topological polar surface area (TPSA) is 62.1 Å². The molecule has 0 aromatic heterocycles. The van der Waals surface area contributed by atoms with E-state index in [1.54, 1.807) is 6.08 Å². The number of carbonyl (C=O) groups excluding carboxylic acids is 1. The fourth-order valence-electron chi connectivity index (χ4n) is 3.01. The molecule has 0 saturated heterocycles. The molecule has 4 nitrogen and oxygen atoms in total. The first-order chi connectivity index (χ1) is 15.2. The molecule has 0 bridgehead atoms. The van der Waals surface area contributed by atoms with Gasteiger partial charge < -0.3 is 10.1 Å². The lowest BCUT2D eigenvalue weighted by atomic mass is 10.1. The van der Waals surface area contributed by atoms with Crippen LogP contribution in [-0.4, -0.2) is 12.5 Å². The SMILES string of the molecule is N#C/C(=C/c1ccccc1OCc1ccc(Br)cc1)C(=O)NCCCc1ccccc1. The monoisotopic (exact) mass is 474 g/mol. The molecular formula is C26H23BrN2O2. The molecule has 1 N–H and O–H groups in total. The quantitative estimate of drug-likeness (QED) is 0.246. The van der Waals surface area contributed by atoms with Gasteiger partial charge in [0.05, 0.1) is 0 Å². The van der Waals surface area contributed by atoms with E-state index >= 15 is 0 Å². The molecule has 3 rings (SSSR count). The van der Waals surface area contributed by atoms with E-state index < -0.39 is 0 Å². The number of rotatable bonds is 9. The number of nitriles is 1. The van der Waals surface area contributed by atoms with Gasteiger partial charge in [0.25, 0.3) is 5.91 Å². The number of amides is 1. The van der Waals surface area contributed by atoms with Gasteiger partial charge in [-0.25, -0.2) is 0 Å². The van der Waals surface area contributed by atoms with Crippen molar-refractivity contribution in [1.29, 1.82) is 5.26 Å². The fraction of sp³-hybridized carbons (Fsp3) is 0.154. The van der Waals surface area contributed by atoms with Crippen molar-refractivity contribution in [3.8, 4) is 11.8 Å². The van der Waals surface area contributed by atoms with Crippen LogP contribution in [0.1, 0.15) is 23.1 Å². The van der Waals surface area contributed by atoms with E-state index in [1.165, 1.54) is 5.56 Å². The molecule has 0 atom stereocenters. The van der Waals surface area contributed by atoms with E-state index in [9.17, 15) is 10.1 Å². The van der Waals surface area contributed by atoms with Crippen LogP contribution in [0.4, 0.5) is 0 Å². The molecule has 0 aliphatic heterocycles. The zero-order valence-corrected chi connectivity index (χ0v) is 18.6. The van der Waals surface area contributed by atoms with Gasteiger partial charge in [-0.05, 0) is 48.2 Å². The first kappa shape index (κ1) is 22.3. The van der Waals surface area contributed by atoms with Crippen molar-refractivity contribution in [2.45, 2.75) is 19.4 Å². The predicted octanol–water partition coefficient (Wildman–Crippen LogP) is 5.68. The number of hydrogen-bond donors (Lipinski definition) is 1. The number of carbonyl (C=O) groups is 1. The second-order valence-electron chi connectivity index (χ2n) is 6.97. The maximum absolute atomic E-state index is 12.5. The zero-order chi connectivity index (χ0) is 21.9. The maximum Gasteiger partial charge on any atom is 0.261 e. The molecule has 0 fully saturated rings. The van der Waals surface area contributed by atoms with Gasteiger partial charge in [-0.3, -0.25) is 4.79 Å². The zero-order valence-electron chi connectivity index (χ0n) is 17.1. The minimum Gasteiger partial charge on any atom is -0.488 e. The number of hydrogen-bond acceptors (Lipinski definition) is 3. The summed E-state index contributed by atoms with van der Waals surface area (Å²) in [5.41, 5.74) is 3.00. The van der Waals surface area contributed by atoms with Crippen LogP contribution in [-0.2, 0) is 17.8 Å². The number of para-hydroxylation sites is 1. The Morgan fingerprint density at radius 1 is 0.968 bits per heavy atom. The van der Waals surface area contributed by atoms with E-state index in [2.05, 4.69) is 33.4 Å². The van der Waals surface area contributed by atoms with Crippen LogP contribution in [0.15, 0.2) is 88.9 Å². The lowest BCUT2D eigenvalue weighted by molar-refractivity contribution is -0.117. The third-order valence-electron chi connectivity index (χ3n) is 4.66. The van der Waals surface area contributed by atoms with Crippen LogP contribution in [0.2, 0.25) is 0 Å². The van der Waals surface area contributed by atoms with Crippen LogP contribution >= 0.6 is 15.9 Å². The summed E-state index contributed by atoms with van der Waals surface area (Å²) in [6.07, 6.45) is 3.25. The number of benzene rings is 3. The summed E-state index contributed by atoms with van der Waals surface area (Å²) in [4.78, 5) is 12.5. The van der Waals surface area contributed by atoms with Crippen LogP contribution in [0.3, 0.4) is 0 Å². The fourth-order valence-corrected chi connectivity index (χ4v) is 3.28. The minimum atomic E-state index is -0.377. The highest BCUT2D eigenvalue weighted by atomic mass is 79.9. The molecule has 5 heteroatoms. The third kappa shape index (κ3) is 7.13. The second-order valence-corrected chi connectivity index (χ2v) is 7.88. The van der Waals surface area contributed by atoms with Gasteiger partial charge in [0.1, 0.15) is 24.0 Å². The molecule has 0 unspecified atom stereocenters. The van der Waals surface area contributed by atoms with Crippen molar-refractivity contribution in [1.82, 2.24) is 5.32 Å². The van der Waals surface area contributed by atoms with Crippen molar-refractivity contribution >= 4 is 27.9 Å². The molecule has 1 amide bonds. The largest absolute Gasteiger partial charge is 0.488 e. The van der Waals surface area contributed by atoms with E-state index in [-0.39, 0.29) is 11.5 Å². The summed E-state index contributed by atoms with van der Waals surface area (Å²) in [7, 11) is 0. The van der Waals surface area contributed by atoms with Gasteiger partial charge in [0, 0.05) is 16.6 Å². The Balaban J connectivity index is 1.59. The predicted molar refractivity (Wildman–Crippen MR) is 126 cm³/mol. The normalized spacial score (nSPS) is 10.9. The van der Waals surface area contributed by atoms with Crippen molar-refractivity contribution in [3.05, 3.63) is 106 Å². The number of nitrogens with zero attached hydrogens (tertiary/aromatic N) is 1.